The molecule has 0 heterocycles. The van der Waals surface area contributed by atoms with Crippen LogP contribution >= 0.6 is 23.2 Å². The molecule has 1 aromatic rings. The summed E-state index contributed by atoms with van der Waals surface area (Å²) in [6, 6.07) is 3.11. The molecule has 3 nitrogen and oxygen atoms in total. The summed E-state index contributed by atoms with van der Waals surface area (Å²) in [5.74, 6) is -0.273. The summed E-state index contributed by atoms with van der Waals surface area (Å²) in [4.78, 5) is 10.6. The molecule has 2 N–H and O–H groups in total. The minimum absolute atomic E-state index is 0.134. The van der Waals surface area contributed by atoms with Crippen molar-refractivity contribution < 1.29 is 9.90 Å². The number of phenols is 1. The first-order valence-electron chi connectivity index (χ1n) is 3.92. The maximum atomic E-state index is 10.6. The van der Waals surface area contributed by atoms with E-state index in [2.05, 4.69) is 5.32 Å². The number of rotatable bonds is 2. The third-order valence-corrected chi connectivity index (χ3v) is 2.19. The lowest BCUT2D eigenvalue weighted by Crippen LogP contribution is -2.18. The zero-order valence-electron chi connectivity index (χ0n) is 7.47. The second-order valence-electron chi connectivity index (χ2n) is 2.82. The number of nitrogens with one attached hydrogen (secondary N) is 1. The van der Waals surface area contributed by atoms with Crippen LogP contribution in [-0.2, 0) is 11.3 Å². The summed E-state index contributed by atoms with van der Waals surface area (Å²) in [6.45, 7) is 1.76. The molecule has 14 heavy (non-hydrogen) atoms. The normalized spacial score (nSPS) is 9.93. The van der Waals surface area contributed by atoms with Crippen LogP contribution in [-0.4, -0.2) is 11.0 Å². The molecule has 0 radical (unpaired) electrons. The molecule has 0 saturated heterocycles. The molecule has 0 aliphatic carbocycles. The van der Waals surface area contributed by atoms with Gasteiger partial charge in [-0.25, -0.2) is 0 Å². The smallest absolute Gasteiger partial charge is 0.217 e. The molecule has 0 unspecified atom stereocenters. The first-order valence-corrected chi connectivity index (χ1v) is 4.67. The van der Waals surface area contributed by atoms with Crippen LogP contribution in [0, 0.1) is 0 Å². The largest absolute Gasteiger partial charge is 0.505 e. The molecular weight excluding hydrogens is 225 g/mol. The van der Waals surface area contributed by atoms with E-state index < -0.39 is 0 Å². The van der Waals surface area contributed by atoms with E-state index in [0.29, 0.717) is 6.54 Å². The Morgan fingerprint density at radius 1 is 1.43 bits per heavy atom. The molecule has 0 atom stereocenters. The number of halogens is 2. The average Bonchev–Trinajstić information content (AvgIpc) is 2.10. The van der Waals surface area contributed by atoms with E-state index in [1.807, 2.05) is 0 Å². The maximum Gasteiger partial charge on any atom is 0.217 e. The van der Waals surface area contributed by atoms with Crippen LogP contribution in [0.15, 0.2) is 12.1 Å². The van der Waals surface area contributed by atoms with E-state index in [0.717, 1.165) is 5.56 Å². The first-order chi connectivity index (χ1) is 6.50. The molecule has 0 bridgehead atoms. The van der Waals surface area contributed by atoms with E-state index in [1.54, 1.807) is 12.1 Å². The third-order valence-electron chi connectivity index (χ3n) is 1.62. The molecule has 76 valence electrons. The van der Waals surface area contributed by atoms with Crippen molar-refractivity contribution >= 4 is 29.1 Å². The van der Waals surface area contributed by atoms with Crippen LogP contribution in [0.5, 0.6) is 5.75 Å². The van der Waals surface area contributed by atoms with Crippen molar-refractivity contribution in [3.63, 3.8) is 0 Å². The van der Waals surface area contributed by atoms with Crippen LogP contribution in [0.25, 0.3) is 0 Å². The Hall–Kier alpha value is -0.930. The van der Waals surface area contributed by atoms with Crippen LogP contribution in [0.2, 0.25) is 10.0 Å². The number of aromatic hydroxyl groups is 1. The Morgan fingerprint density at radius 2 is 1.93 bits per heavy atom. The lowest BCUT2D eigenvalue weighted by Gasteiger charge is -2.05. The van der Waals surface area contributed by atoms with Gasteiger partial charge >= 0.3 is 0 Å². The Balaban J connectivity index is 2.84. The van der Waals surface area contributed by atoms with Crippen LogP contribution < -0.4 is 5.32 Å². The van der Waals surface area contributed by atoms with Crippen molar-refractivity contribution in [3.05, 3.63) is 27.7 Å². The number of carbonyl (C=O) groups is 1. The molecule has 5 heteroatoms. The molecule has 0 saturated carbocycles. The summed E-state index contributed by atoms with van der Waals surface area (Å²) in [6.07, 6.45) is 0. The molecule has 0 aromatic heterocycles. The Morgan fingerprint density at radius 3 is 2.36 bits per heavy atom. The van der Waals surface area contributed by atoms with Gasteiger partial charge in [-0.05, 0) is 17.7 Å². The number of hydrogen-bond acceptors (Lipinski definition) is 2. The van der Waals surface area contributed by atoms with Crippen molar-refractivity contribution in [1.29, 1.82) is 0 Å². The van der Waals surface area contributed by atoms with E-state index >= 15 is 0 Å². The van der Waals surface area contributed by atoms with Gasteiger partial charge in [-0.2, -0.15) is 0 Å². The number of hydrogen-bond donors (Lipinski definition) is 2. The highest BCUT2D eigenvalue weighted by molar-refractivity contribution is 6.37. The van der Waals surface area contributed by atoms with Crippen LogP contribution in [0.3, 0.4) is 0 Å². The van der Waals surface area contributed by atoms with Crippen molar-refractivity contribution in [3.8, 4) is 5.75 Å². The minimum atomic E-state index is -0.139. The molecule has 1 aromatic carbocycles. The predicted molar refractivity (Wildman–Crippen MR) is 55.6 cm³/mol. The molecule has 0 aliphatic rings. The van der Waals surface area contributed by atoms with E-state index in [9.17, 15) is 9.90 Å². The third kappa shape index (κ3) is 2.79. The summed E-state index contributed by atoms with van der Waals surface area (Å²) in [5, 5.41) is 12.2. The topological polar surface area (TPSA) is 49.3 Å². The minimum Gasteiger partial charge on any atom is -0.505 e. The van der Waals surface area contributed by atoms with Crippen LogP contribution in [0.4, 0.5) is 0 Å². The maximum absolute atomic E-state index is 10.6. The Kier molecular flexibility index (Phi) is 3.61. The number of benzene rings is 1. The molecule has 1 rings (SSSR count). The standard InChI is InChI=1S/C9H9Cl2NO2/c1-5(13)12-4-6-2-7(10)9(14)8(11)3-6/h2-3,14H,4H2,1H3,(H,12,13). The zero-order chi connectivity index (χ0) is 10.7. The molecule has 0 aliphatic heterocycles. The highest BCUT2D eigenvalue weighted by atomic mass is 35.5. The second kappa shape index (κ2) is 4.53. The van der Waals surface area contributed by atoms with Gasteiger partial charge in [-0.1, -0.05) is 23.2 Å². The quantitative estimate of drug-likeness (QED) is 0.824. The van der Waals surface area contributed by atoms with Crippen LogP contribution in [0.1, 0.15) is 12.5 Å². The SMILES string of the molecule is CC(=O)NCc1cc(Cl)c(O)c(Cl)c1. The van der Waals surface area contributed by atoms with Gasteiger partial charge in [0.2, 0.25) is 5.91 Å². The fraction of sp³-hybridized carbons (Fsp3) is 0.222. The first kappa shape index (κ1) is 11.1. The molecular formula is C9H9Cl2NO2. The molecule has 0 spiro atoms. The monoisotopic (exact) mass is 233 g/mol. The van der Waals surface area contributed by atoms with Gasteiger partial charge < -0.3 is 10.4 Å². The van der Waals surface area contributed by atoms with Gasteiger partial charge in [0.25, 0.3) is 0 Å². The fourth-order valence-electron chi connectivity index (χ4n) is 0.947. The summed E-state index contributed by atoms with van der Waals surface area (Å²) < 4.78 is 0. The predicted octanol–water partition coefficient (Wildman–Crippen LogP) is 2.34. The summed E-state index contributed by atoms with van der Waals surface area (Å²) in [5.41, 5.74) is 0.744. The van der Waals surface area contributed by atoms with Gasteiger partial charge in [0.1, 0.15) is 0 Å². The van der Waals surface area contributed by atoms with E-state index in [-0.39, 0.29) is 21.7 Å². The summed E-state index contributed by atoms with van der Waals surface area (Å²) >= 11 is 11.4. The van der Waals surface area contributed by atoms with E-state index in [4.69, 9.17) is 23.2 Å². The van der Waals surface area contributed by atoms with Gasteiger partial charge in [0.15, 0.2) is 5.75 Å². The van der Waals surface area contributed by atoms with Crippen molar-refractivity contribution in [1.82, 2.24) is 5.32 Å². The van der Waals surface area contributed by atoms with Gasteiger partial charge in [-0.3, -0.25) is 4.79 Å². The van der Waals surface area contributed by atoms with E-state index in [1.165, 1.54) is 6.92 Å². The van der Waals surface area contributed by atoms with Crippen molar-refractivity contribution in [2.24, 2.45) is 0 Å². The number of phenolic OH excluding ortho intramolecular Hbond substituents is 1. The highest BCUT2D eigenvalue weighted by Gasteiger charge is 2.06. The Bertz CT molecular complexity index is 343. The zero-order valence-corrected chi connectivity index (χ0v) is 8.99. The Labute approximate surface area is 91.6 Å². The highest BCUT2D eigenvalue weighted by Crippen LogP contribution is 2.32. The van der Waals surface area contributed by atoms with Crippen molar-refractivity contribution in [2.75, 3.05) is 0 Å². The lowest BCUT2D eigenvalue weighted by atomic mass is 10.2. The lowest BCUT2D eigenvalue weighted by molar-refractivity contribution is -0.119. The van der Waals surface area contributed by atoms with Crippen molar-refractivity contribution in [2.45, 2.75) is 13.5 Å². The number of carbonyl (C=O) groups excluding carboxylic acids is 1. The van der Waals surface area contributed by atoms with Gasteiger partial charge in [0, 0.05) is 13.5 Å². The summed E-state index contributed by atoms with van der Waals surface area (Å²) in [7, 11) is 0. The van der Waals surface area contributed by atoms with Gasteiger partial charge in [-0.15, -0.1) is 0 Å². The number of amides is 1. The molecule has 1 amide bonds. The molecule has 0 fully saturated rings. The van der Waals surface area contributed by atoms with Gasteiger partial charge in [0.05, 0.1) is 10.0 Å². The average molecular weight is 234 g/mol. The second-order valence-corrected chi connectivity index (χ2v) is 3.63. The fourth-order valence-corrected chi connectivity index (χ4v) is 1.48.